The van der Waals surface area contributed by atoms with Crippen LogP contribution in [0.1, 0.15) is 57.1 Å². The largest absolute Gasteiger partial charge is 0.486 e. The number of aromatic nitrogens is 1. The molecule has 1 aliphatic rings. The van der Waals surface area contributed by atoms with Gasteiger partial charge in [-0.15, -0.1) is 11.3 Å². The number of amides is 2. The van der Waals surface area contributed by atoms with E-state index in [1.165, 1.54) is 11.3 Å². The van der Waals surface area contributed by atoms with E-state index in [4.69, 9.17) is 27.9 Å². The molecule has 2 N–H and O–H groups in total. The third-order valence-electron chi connectivity index (χ3n) is 5.74. The van der Waals surface area contributed by atoms with Crippen LogP contribution >= 0.6 is 34.5 Å². The third-order valence-corrected chi connectivity index (χ3v) is 7.11. The second-order valence-corrected chi connectivity index (χ2v) is 10.1. The molecule has 4 rings (SSSR count). The zero-order valence-corrected chi connectivity index (χ0v) is 21.0. The van der Waals surface area contributed by atoms with Crippen LogP contribution in [-0.2, 0) is 6.61 Å². The van der Waals surface area contributed by atoms with Crippen molar-refractivity contribution in [1.82, 2.24) is 15.6 Å². The Morgan fingerprint density at radius 2 is 1.71 bits per heavy atom. The van der Waals surface area contributed by atoms with E-state index in [1.807, 2.05) is 31.2 Å². The summed E-state index contributed by atoms with van der Waals surface area (Å²) < 4.78 is 5.76. The van der Waals surface area contributed by atoms with Gasteiger partial charge in [-0.05, 0) is 50.1 Å². The van der Waals surface area contributed by atoms with Crippen molar-refractivity contribution in [3.63, 3.8) is 0 Å². The van der Waals surface area contributed by atoms with Gasteiger partial charge < -0.3 is 15.4 Å². The first-order chi connectivity index (χ1) is 16.4. The van der Waals surface area contributed by atoms with Crippen molar-refractivity contribution in [3.8, 4) is 5.75 Å². The summed E-state index contributed by atoms with van der Waals surface area (Å²) in [6.07, 6.45) is 3.50. The molecule has 2 amide bonds. The Kier molecular flexibility index (Phi) is 8.08. The fraction of sp³-hybridized carbons (Fsp3) is 0.320. The summed E-state index contributed by atoms with van der Waals surface area (Å²) in [5.41, 5.74) is 1.87. The molecule has 0 unspecified atom stereocenters. The maximum atomic E-state index is 12.9. The molecular formula is C25H25Cl2N3O3S. The van der Waals surface area contributed by atoms with Gasteiger partial charge in [0.1, 0.15) is 23.1 Å². The molecule has 9 heteroatoms. The maximum absolute atomic E-state index is 12.9. The minimum absolute atomic E-state index is 0.190. The van der Waals surface area contributed by atoms with Gasteiger partial charge in [-0.3, -0.25) is 9.59 Å². The minimum atomic E-state index is -0.281. The molecule has 1 fully saturated rings. The summed E-state index contributed by atoms with van der Waals surface area (Å²) in [6.45, 7) is 2.32. The van der Waals surface area contributed by atoms with Crippen molar-refractivity contribution < 1.29 is 14.3 Å². The standard InChI is InChI=1S/C25H25Cl2N3O3S/c1-15-6-9-17(10-7-15)33-13-23-28-22(14-34-23)25(32)30-21-5-3-2-4-20(21)29-24(31)18-11-8-16(26)12-19(18)27/h6-12,14,20-21H,2-5,13H2,1H3,(H,29,31)(H,30,32)/t20-,21+/m1/s1. The quantitative estimate of drug-likeness (QED) is 0.414. The molecule has 2 aromatic carbocycles. The lowest BCUT2D eigenvalue weighted by Gasteiger charge is -2.32. The molecule has 6 nitrogen and oxygen atoms in total. The van der Waals surface area contributed by atoms with Crippen LogP contribution in [0.3, 0.4) is 0 Å². The number of benzene rings is 2. The highest BCUT2D eigenvalue weighted by atomic mass is 35.5. The molecule has 1 aliphatic carbocycles. The summed E-state index contributed by atoms with van der Waals surface area (Å²) in [4.78, 5) is 30.1. The summed E-state index contributed by atoms with van der Waals surface area (Å²) in [7, 11) is 0. The number of halogens is 2. The molecule has 3 aromatic rings. The highest BCUT2D eigenvalue weighted by Crippen LogP contribution is 2.24. The molecule has 1 heterocycles. The van der Waals surface area contributed by atoms with Crippen molar-refractivity contribution in [1.29, 1.82) is 0 Å². The maximum Gasteiger partial charge on any atom is 0.271 e. The summed E-state index contributed by atoms with van der Waals surface area (Å²) >= 11 is 13.5. The Morgan fingerprint density at radius 3 is 2.38 bits per heavy atom. The summed E-state index contributed by atoms with van der Waals surface area (Å²) in [5.74, 6) is 0.221. The van der Waals surface area contributed by atoms with E-state index in [2.05, 4.69) is 15.6 Å². The summed E-state index contributed by atoms with van der Waals surface area (Å²) in [5, 5.41) is 9.30. The fourth-order valence-electron chi connectivity index (χ4n) is 3.90. The Hall–Kier alpha value is -2.61. The van der Waals surface area contributed by atoms with Crippen molar-refractivity contribution in [2.45, 2.75) is 51.3 Å². The number of nitrogens with one attached hydrogen (secondary N) is 2. The smallest absolute Gasteiger partial charge is 0.271 e. The van der Waals surface area contributed by atoms with Crippen molar-refractivity contribution in [2.24, 2.45) is 0 Å². The number of rotatable bonds is 7. The number of ether oxygens (including phenoxy) is 1. The molecule has 1 saturated carbocycles. The van der Waals surface area contributed by atoms with Gasteiger partial charge in [0.05, 0.1) is 10.6 Å². The first kappa shape index (κ1) is 24.5. The lowest BCUT2D eigenvalue weighted by Crippen LogP contribution is -2.53. The van der Waals surface area contributed by atoms with E-state index in [1.54, 1.807) is 23.6 Å². The first-order valence-corrected chi connectivity index (χ1v) is 12.7. The average Bonchev–Trinajstić information content (AvgIpc) is 3.29. The van der Waals surface area contributed by atoms with Gasteiger partial charge in [-0.2, -0.15) is 0 Å². The minimum Gasteiger partial charge on any atom is -0.486 e. The van der Waals surface area contributed by atoms with Gasteiger partial charge in [0, 0.05) is 22.5 Å². The van der Waals surface area contributed by atoms with E-state index < -0.39 is 0 Å². The topological polar surface area (TPSA) is 80.3 Å². The van der Waals surface area contributed by atoms with Crippen LogP contribution in [0, 0.1) is 6.92 Å². The van der Waals surface area contributed by atoms with E-state index in [-0.39, 0.29) is 23.9 Å². The second kappa shape index (κ2) is 11.2. The van der Waals surface area contributed by atoms with Crippen LogP contribution in [-0.4, -0.2) is 28.9 Å². The van der Waals surface area contributed by atoms with Gasteiger partial charge in [0.15, 0.2) is 0 Å². The number of carbonyl (C=O) groups excluding carboxylic acids is 2. The SMILES string of the molecule is Cc1ccc(OCc2nc(C(=O)N[C@H]3CCCC[C@H]3NC(=O)c3ccc(Cl)cc3Cl)cs2)cc1. The van der Waals surface area contributed by atoms with Gasteiger partial charge in [0.2, 0.25) is 0 Å². The number of thiazole rings is 1. The van der Waals surface area contributed by atoms with E-state index in [0.717, 1.165) is 42.0 Å². The number of carbonyl (C=O) groups is 2. The molecule has 178 valence electrons. The fourth-order valence-corrected chi connectivity index (χ4v) is 5.08. The van der Waals surface area contributed by atoms with Crippen molar-refractivity contribution >= 4 is 46.4 Å². The van der Waals surface area contributed by atoms with Crippen LogP contribution < -0.4 is 15.4 Å². The lowest BCUT2D eigenvalue weighted by atomic mass is 9.90. The zero-order chi connectivity index (χ0) is 24.1. The van der Waals surface area contributed by atoms with Crippen LogP contribution in [0.2, 0.25) is 10.0 Å². The average molecular weight is 518 g/mol. The predicted molar refractivity (Wildman–Crippen MR) is 135 cm³/mol. The summed E-state index contributed by atoms with van der Waals surface area (Å²) in [6, 6.07) is 12.2. The number of nitrogens with zero attached hydrogens (tertiary/aromatic N) is 1. The first-order valence-electron chi connectivity index (χ1n) is 11.1. The Bertz CT molecular complexity index is 1170. The number of hydrogen-bond acceptors (Lipinski definition) is 5. The molecule has 0 bridgehead atoms. The van der Waals surface area contributed by atoms with E-state index in [0.29, 0.717) is 27.9 Å². The van der Waals surface area contributed by atoms with E-state index in [9.17, 15) is 9.59 Å². The lowest BCUT2D eigenvalue weighted by molar-refractivity contribution is 0.0860. The highest BCUT2D eigenvalue weighted by Gasteiger charge is 2.29. The Balaban J connectivity index is 1.35. The monoisotopic (exact) mass is 517 g/mol. The third kappa shape index (κ3) is 6.29. The highest BCUT2D eigenvalue weighted by molar-refractivity contribution is 7.09. The van der Waals surface area contributed by atoms with Crippen LogP contribution in [0.25, 0.3) is 0 Å². The van der Waals surface area contributed by atoms with E-state index >= 15 is 0 Å². The van der Waals surface area contributed by atoms with Crippen molar-refractivity contribution in [2.75, 3.05) is 0 Å². The van der Waals surface area contributed by atoms with Gasteiger partial charge >= 0.3 is 0 Å². The van der Waals surface area contributed by atoms with Crippen LogP contribution in [0.4, 0.5) is 0 Å². The van der Waals surface area contributed by atoms with Gasteiger partial charge in [0.25, 0.3) is 11.8 Å². The Labute approximate surface area is 212 Å². The molecular weight excluding hydrogens is 493 g/mol. The molecule has 0 radical (unpaired) electrons. The van der Waals surface area contributed by atoms with Crippen molar-refractivity contribution in [3.05, 3.63) is 79.7 Å². The zero-order valence-electron chi connectivity index (χ0n) is 18.6. The predicted octanol–water partition coefficient (Wildman–Crippen LogP) is 5.81. The van der Waals surface area contributed by atoms with Gasteiger partial charge in [-0.1, -0.05) is 53.7 Å². The normalized spacial score (nSPS) is 17.7. The second-order valence-electron chi connectivity index (χ2n) is 8.30. The Morgan fingerprint density at radius 1 is 1.03 bits per heavy atom. The van der Waals surface area contributed by atoms with Crippen LogP contribution in [0.15, 0.2) is 47.8 Å². The molecule has 0 aliphatic heterocycles. The molecule has 34 heavy (non-hydrogen) atoms. The molecule has 1 aromatic heterocycles. The van der Waals surface area contributed by atoms with Crippen LogP contribution in [0.5, 0.6) is 5.75 Å². The molecule has 0 saturated heterocycles. The van der Waals surface area contributed by atoms with Gasteiger partial charge in [-0.25, -0.2) is 4.98 Å². The molecule has 0 spiro atoms. The number of aryl methyl sites for hydroxylation is 1. The number of hydrogen-bond donors (Lipinski definition) is 2. The molecule has 2 atom stereocenters.